The second-order valence-corrected chi connectivity index (χ2v) is 5.69. The molecule has 110 valence electrons. The highest BCUT2D eigenvalue weighted by Gasteiger charge is 2.38. The molecular weight excluding hydrogens is 242 g/mol. The van der Waals surface area contributed by atoms with Crippen LogP contribution in [0.25, 0.3) is 0 Å². The van der Waals surface area contributed by atoms with Gasteiger partial charge >= 0.3 is 0 Å². The van der Waals surface area contributed by atoms with Crippen LogP contribution < -0.4 is 10.6 Å². The van der Waals surface area contributed by atoms with Crippen LogP contribution in [0.3, 0.4) is 0 Å². The first-order valence-corrected chi connectivity index (χ1v) is 7.51. The summed E-state index contributed by atoms with van der Waals surface area (Å²) in [6.45, 7) is 4.84. The van der Waals surface area contributed by atoms with Crippen molar-refractivity contribution in [2.45, 2.75) is 37.6 Å². The first kappa shape index (κ1) is 14.8. The lowest BCUT2D eigenvalue weighted by atomic mass is 9.79. The summed E-state index contributed by atoms with van der Waals surface area (Å²) in [6, 6.07) is 0. The van der Waals surface area contributed by atoms with Crippen LogP contribution in [0.2, 0.25) is 0 Å². The highest BCUT2D eigenvalue weighted by atomic mass is 16.5. The lowest BCUT2D eigenvalue weighted by Gasteiger charge is -2.48. The number of hydrogen-bond donors (Lipinski definition) is 2. The number of ether oxygens (including phenoxy) is 1. The summed E-state index contributed by atoms with van der Waals surface area (Å²) in [5.74, 6) is 0.0979. The Bertz CT molecular complexity index is 284. The molecule has 2 N–H and O–H groups in total. The number of nitrogens with one attached hydrogen (secondary N) is 2. The van der Waals surface area contributed by atoms with Crippen molar-refractivity contribution in [2.75, 3.05) is 46.4 Å². The average Bonchev–Trinajstić information content (AvgIpc) is 2.47. The Morgan fingerprint density at radius 2 is 1.89 bits per heavy atom. The standard InChI is InChI=1S/C14H27N3O2/c1-15-11-13(18)16-12-14(5-3-2-4-6-14)17-7-9-19-10-8-17/h15H,2-12H2,1H3,(H,16,18). The van der Waals surface area contributed by atoms with Crippen LogP contribution in [-0.4, -0.2) is 62.8 Å². The van der Waals surface area contributed by atoms with Gasteiger partial charge in [-0.05, 0) is 19.9 Å². The molecule has 0 radical (unpaired) electrons. The van der Waals surface area contributed by atoms with Crippen molar-refractivity contribution in [1.29, 1.82) is 0 Å². The van der Waals surface area contributed by atoms with Crippen LogP contribution in [0.4, 0.5) is 0 Å². The zero-order valence-corrected chi connectivity index (χ0v) is 12.0. The van der Waals surface area contributed by atoms with Crippen LogP contribution in [0.15, 0.2) is 0 Å². The van der Waals surface area contributed by atoms with Crippen LogP contribution in [0.5, 0.6) is 0 Å². The summed E-state index contributed by atoms with van der Waals surface area (Å²) in [4.78, 5) is 14.2. The Morgan fingerprint density at radius 3 is 2.53 bits per heavy atom. The van der Waals surface area contributed by atoms with Gasteiger partial charge < -0.3 is 15.4 Å². The molecule has 0 aromatic rings. The van der Waals surface area contributed by atoms with Crippen LogP contribution >= 0.6 is 0 Å². The van der Waals surface area contributed by atoms with Crippen LogP contribution in [0.1, 0.15) is 32.1 Å². The monoisotopic (exact) mass is 269 g/mol. The molecule has 2 aliphatic rings. The zero-order valence-electron chi connectivity index (χ0n) is 12.0. The smallest absolute Gasteiger partial charge is 0.234 e. The molecule has 1 saturated heterocycles. The minimum Gasteiger partial charge on any atom is -0.379 e. The van der Waals surface area contributed by atoms with Crippen LogP contribution in [0, 0.1) is 0 Å². The summed E-state index contributed by atoms with van der Waals surface area (Å²) < 4.78 is 5.46. The van der Waals surface area contributed by atoms with E-state index in [1.54, 1.807) is 7.05 Å². The normalized spacial score (nSPS) is 24.1. The molecule has 0 aromatic heterocycles. The van der Waals surface area contributed by atoms with Gasteiger partial charge in [-0.1, -0.05) is 19.3 Å². The first-order valence-electron chi connectivity index (χ1n) is 7.51. The highest BCUT2D eigenvalue weighted by Crippen LogP contribution is 2.33. The zero-order chi connectivity index (χ0) is 13.6. The van der Waals surface area contributed by atoms with Crippen molar-refractivity contribution in [3.05, 3.63) is 0 Å². The molecule has 0 aromatic carbocycles. The van der Waals surface area contributed by atoms with E-state index >= 15 is 0 Å². The second-order valence-electron chi connectivity index (χ2n) is 5.69. The van der Waals surface area contributed by atoms with Gasteiger partial charge in [-0.3, -0.25) is 9.69 Å². The molecule has 2 fully saturated rings. The maximum atomic E-state index is 11.7. The van der Waals surface area contributed by atoms with Gasteiger partial charge in [0.25, 0.3) is 0 Å². The molecule has 0 atom stereocenters. The number of morpholine rings is 1. The second kappa shape index (κ2) is 7.22. The summed E-state index contributed by atoms with van der Waals surface area (Å²) in [5.41, 5.74) is 0.172. The topological polar surface area (TPSA) is 53.6 Å². The largest absolute Gasteiger partial charge is 0.379 e. The lowest BCUT2D eigenvalue weighted by Crippen LogP contribution is -2.60. The molecule has 2 rings (SSSR count). The maximum absolute atomic E-state index is 11.7. The maximum Gasteiger partial charge on any atom is 0.234 e. The van der Waals surface area contributed by atoms with Gasteiger partial charge in [0.2, 0.25) is 5.91 Å². The third kappa shape index (κ3) is 3.91. The van der Waals surface area contributed by atoms with E-state index in [-0.39, 0.29) is 11.4 Å². The molecule has 1 amide bonds. The third-order valence-corrected chi connectivity index (χ3v) is 4.42. The fraction of sp³-hybridized carbons (Fsp3) is 0.929. The van der Waals surface area contributed by atoms with Gasteiger partial charge in [0.15, 0.2) is 0 Å². The van der Waals surface area contributed by atoms with E-state index in [1.807, 2.05) is 0 Å². The quantitative estimate of drug-likeness (QED) is 0.756. The highest BCUT2D eigenvalue weighted by molar-refractivity contribution is 5.78. The Hall–Kier alpha value is -0.650. The van der Waals surface area contributed by atoms with E-state index in [2.05, 4.69) is 15.5 Å². The fourth-order valence-electron chi connectivity index (χ4n) is 3.34. The molecule has 1 heterocycles. The Morgan fingerprint density at radius 1 is 1.21 bits per heavy atom. The Kier molecular flexibility index (Phi) is 5.60. The van der Waals surface area contributed by atoms with E-state index in [0.717, 1.165) is 32.8 Å². The molecule has 1 aliphatic heterocycles. The molecule has 19 heavy (non-hydrogen) atoms. The number of likely N-dealkylation sites (N-methyl/N-ethyl adjacent to an activating group) is 1. The van der Waals surface area contributed by atoms with Crippen molar-refractivity contribution in [2.24, 2.45) is 0 Å². The predicted molar refractivity (Wildman–Crippen MR) is 75.1 cm³/mol. The molecule has 0 unspecified atom stereocenters. The van der Waals surface area contributed by atoms with E-state index in [1.165, 1.54) is 32.1 Å². The molecule has 5 heteroatoms. The average molecular weight is 269 g/mol. The van der Waals surface area contributed by atoms with Crippen molar-refractivity contribution < 1.29 is 9.53 Å². The third-order valence-electron chi connectivity index (χ3n) is 4.42. The summed E-state index contributed by atoms with van der Waals surface area (Å²) in [5, 5.41) is 6.01. The number of hydrogen-bond acceptors (Lipinski definition) is 4. The SMILES string of the molecule is CNCC(=O)NCC1(N2CCOCC2)CCCCC1. The van der Waals surface area contributed by atoms with Gasteiger partial charge in [-0.25, -0.2) is 0 Å². The van der Waals surface area contributed by atoms with E-state index in [9.17, 15) is 4.79 Å². The summed E-state index contributed by atoms with van der Waals surface area (Å²) >= 11 is 0. The van der Waals surface area contributed by atoms with Crippen molar-refractivity contribution >= 4 is 5.91 Å². The Labute approximate surface area is 116 Å². The van der Waals surface area contributed by atoms with E-state index in [0.29, 0.717) is 6.54 Å². The predicted octanol–water partition coefficient (Wildman–Crippen LogP) is 0.357. The lowest BCUT2D eigenvalue weighted by molar-refractivity contribution is -0.121. The van der Waals surface area contributed by atoms with Crippen molar-refractivity contribution in [3.63, 3.8) is 0 Å². The van der Waals surface area contributed by atoms with Gasteiger partial charge in [0, 0.05) is 25.2 Å². The number of nitrogens with zero attached hydrogens (tertiary/aromatic N) is 1. The number of amides is 1. The fourth-order valence-corrected chi connectivity index (χ4v) is 3.34. The van der Waals surface area contributed by atoms with Crippen molar-refractivity contribution in [3.8, 4) is 0 Å². The van der Waals surface area contributed by atoms with Crippen molar-refractivity contribution in [1.82, 2.24) is 15.5 Å². The number of carbonyl (C=O) groups is 1. The number of rotatable bonds is 5. The first-order chi connectivity index (χ1) is 9.27. The molecule has 0 bridgehead atoms. The molecular formula is C14H27N3O2. The summed E-state index contributed by atoms with van der Waals surface area (Å²) in [6.07, 6.45) is 6.29. The Balaban J connectivity index is 1.95. The molecule has 1 aliphatic carbocycles. The van der Waals surface area contributed by atoms with Gasteiger partial charge in [0.05, 0.1) is 19.8 Å². The minimum atomic E-state index is 0.0979. The molecule has 0 spiro atoms. The van der Waals surface area contributed by atoms with Gasteiger partial charge in [0.1, 0.15) is 0 Å². The molecule has 5 nitrogen and oxygen atoms in total. The van der Waals surface area contributed by atoms with Gasteiger partial charge in [-0.2, -0.15) is 0 Å². The van der Waals surface area contributed by atoms with E-state index in [4.69, 9.17) is 4.74 Å². The number of carbonyl (C=O) groups excluding carboxylic acids is 1. The molecule has 1 saturated carbocycles. The summed E-state index contributed by atoms with van der Waals surface area (Å²) in [7, 11) is 1.80. The van der Waals surface area contributed by atoms with Gasteiger partial charge in [-0.15, -0.1) is 0 Å². The van der Waals surface area contributed by atoms with Crippen LogP contribution in [-0.2, 0) is 9.53 Å². The minimum absolute atomic E-state index is 0.0979. The van der Waals surface area contributed by atoms with E-state index < -0.39 is 0 Å².